The van der Waals surface area contributed by atoms with Crippen LogP contribution >= 0.6 is 11.6 Å². The van der Waals surface area contributed by atoms with Crippen molar-refractivity contribution in [3.8, 4) is 5.75 Å². The van der Waals surface area contributed by atoms with Crippen molar-refractivity contribution in [3.05, 3.63) is 28.3 Å². The zero-order valence-electron chi connectivity index (χ0n) is 11.5. The fourth-order valence-corrected chi connectivity index (χ4v) is 3.45. The number of rotatable bonds is 2. The first-order valence-electron chi connectivity index (χ1n) is 6.95. The van der Waals surface area contributed by atoms with Crippen LogP contribution < -0.4 is 10.1 Å². The Morgan fingerprint density at radius 3 is 3.05 bits per heavy atom. The Balaban J connectivity index is 2.03. The molecule has 1 fully saturated rings. The summed E-state index contributed by atoms with van der Waals surface area (Å²) in [6.07, 6.45) is 2.03. The van der Waals surface area contributed by atoms with Gasteiger partial charge in [0, 0.05) is 36.6 Å². The predicted molar refractivity (Wildman–Crippen MR) is 76.0 cm³/mol. The topological polar surface area (TPSA) is 30.5 Å². The molecule has 2 heterocycles. The van der Waals surface area contributed by atoms with E-state index in [-0.39, 0.29) is 11.7 Å². The van der Waals surface area contributed by atoms with Crippen LogP contribution in [0.5, 0.6) is 5.75 Å². The lowest BCUT2D eigenvalue weighted by Gasteiger charge is -2.40. The van der Waals surface area contributed by atoms with E-state index in [1.54, 1.807) is 0 Å². The van der Waals surface area contributed by atoms with Crippen molar-refractivity contribution in [2.45, 2.75) is 38.4 Å². The zero-order valence-corrected chi connectivity index (χ0v) is 12.2. The van der Waals surface area contributed by atoms with Gasteiger partial charge in [-0.1, -0.05) is 11.6 Å². The highest BCUT2D eigenvalue weighted by Crippen LogP contribution is 2.46. The first-order valence-corrected chi connectivity index (χ1v) is 7.33. The van der Waals surface area contributed by atoms with Crippen LogP contribution in [0.2, 0.25) is 5.02 Å². The van der Waals surface area contributed by atoms with E-state index in [0.29, 0.717) is 6.61 Å². The van der Waals surface area contributed by atoms with Crippen LogP contribution in [0, 0.1) is 6.92 Å². The predicted octanol–water partition coefficient (Wildman–Crippen LogP) is 3.24. The van der Waals surface area contributed by atoms with Gasteiger partial charge in [-0.3, -0.25) is 0 Å². The molecule has 4 heteroatoms. The summed E-state index contributed by atoms with van der Waals surface area (Å²) in [6.45, 7) is 6.71. The highest BCUT2D eigenvalue weighted by Gasteiger charge is 2.44. The molecule has 2 aliphatic rings. The summed E-state index contributed by atoms with van der Waals surface area (Å²) < 4.78 is 12.3. The Bertz CT molecular complexity index is 483. The van der Waals surface area contributed by atoms with Gasteiger partial charge in [0.1, 0.15) is 11.4 Å². The van der Waals surface area contributed by atoms with E-state index in [1.807, 2.05) is 19.1 Å². The molecule has 1 aromatic carbocycles. The lowest BCUT2D eigenvalue weighted by Crippen LogP contribution is -2.43. The average molecular weight is 282 g/mol. The Kier molecular flexibility index (Phi) is 3.46. The molecule has 1 saturated heterocycles. The molecule has 2 unspecified atom stereocenters. The minimum atomic E-state index is -0.106. The monoisotopic (exact) mass is 281 g/mol. The van der Waals surface area contributed by atoms with Gasteiger partial charge >= 0.3 is 0 Å². The van der Waals surface area contributed by atoms with Crippen molar-refractivity contribution in [1.29, 1.82) is 0 Å². The van der Waals surface area contributed by atoms with Gasteiger partial charge in [-0.2, -0.15) is 0 Å². The molecule has 19 heavy (non-hydrogen) atoms. The highest BCUT2D eigenvalue weighted by atomic mass is 35.5. The molecular weight excluding hydrogens is 262 g/mol. The SMILES string of the molecule is CCOC1CC2(CCNC2)Oc2c(C)cc(Cl)cc21. The summed E-state index contributed by atoms with van der Waals surface area (Å²) in [5.74, 6) is 0.970. The molecule has 2 aliphatic heterocycles. The molecule has 0 amide bonds. The normalized spacial score (nSPS) is 29.3. The molecule has 3 nitrogen and oxygen atoms in total. The average Bonchev–Trinajstić information content (AvgIpc) is 2.80. The zero-order chi connectivity index (χ0) is 13.5. The number of benzene rings is 1. The molecule has 1 N–H and O–H groups in total. The van der Waals surface area contributed by atoms with Gasteiger partial charge in [-0.25, -0.2) is 0 Å². The Morgan fingerprint density at radius 2 is 2.37 bits per heavy atom. The van der Waals surface area contributed by atoms with Gasteiger partial charge in [0.05, 0.1) is 6.10 Å². The quantitative estimate of drug-likeness (QED) is 0.903. The van der Waals surface area contributed by atoms with Crippen molar-refractivity contribution in [2.75, 3.05) is 19.7 Å². The van der Waals surface area contributed by atoms with Gasteiger partial charge in [0.2, 0.25) is 0 Å². The molecule has 1 aromatic rings. The molecule has 0 aromatic heterocycles. The number of hydrogen-bond acceptors (Lipinski definition) is 3. The second-order valence-electron chi connectivity index (χ2n) is 5.50. The van der Waals surface area contributed by atoms with Crippen LogP contribution in [0.1, 0.15) is 37.0 Å². The van der Waals surface area contributed by atoms with E-state index < -0.39 is 0 Å². The van der Waals surface area contributed by atoms with E-state index in [0.717, 1.165) is 47.8 Å². The second kappa shape index (κ2) is 4.97. The maximum absolute atomic E-state index is 6.34. The smallest absolute Gasteiger partial charge is 0.129 e. The van der Waals surface area contributed by atoms with Crippen molar-refractivity contribution < 1.29 is 9.47 Å². The maximum atomic E-state index is 6.34. The largest absolute Gasteiger partial charge is 0.485 e. The highest BCUT2D eigenvalue weighted by molar-refractivity contribution is 6.30. The lowest BCUT2D eigenvalue weighted by molar-refractivity contribution is -0.0357. The molecule has 1 spiro atoms. The Hall–Kier alpha value is -0.770. The van der Waals surface area contributed by atoms with Crippen LogP contribution in [-0.4, -0.2) is 25.3 Å². The van der Waals surface area contributed by atoms with E-state index in [2.05, 4.69) is 12.2 Å². The number of halogens is 1. The van der Waals surface area contributed by atoms with E-state index in [9.17, 15) is 0 Å². The first kappa shape index (κ1) is 13.2. The summed E-state index contributed by atoms with van der Waals surface area (Å²) in [7, 11) is 0. The van der Waals surface area contributed by atoms with Gasteiger partial charge in [0.25, 0.3) is 0 Å². The van der Waals surface area contributed by atoms with Crippen LogP contribution in [0.15, 0.2) is 12.1 Å². The second-order valence-corrected chi connectivity index (χ2v) is 5.94. The standard InChI is InChI=1S/C15H20ClNO2/c1-3-18-13-8-15(4-5-17-9-15)19-14-10(2)6-11(16)7-12(13)14/h6-7,13,17H,3-5,8-9H2,1-2H3. The van der Waals surface area contributed by atoms with Crippen LogP contribution in [0.4, 0.5) is 0 Å². The minimum absolute atomic E-state index is 0.0889. The third-order valence-corrected chi connectivity index (χ3v) is 4.28. The molecule has 0 radical (unpaired) electrons. The van der Waals surface area contributed by atoms with E-state index in [4.69, 9.17) is 21.1 Å². The van der Waals surface area contributed by atoms with Crippen molar-refractivity contribution in [1.82, 2.24) is 5.32 Å². The summed E-state index contributed by atoms with van der Waals surface area (Å²) in [5.41, 5.74) is 2.09. The summed E-state index contributed by atoms with van der Waals surface area (Å²) in [5, 5.41) is 4.16. The number of hydrogen-bond donors (Lipinski definition) is 1. The van der Waals surface area contributed by atoms with Gasteiger partial charge < -0.3 is 14.8 Å². The lowest BCUT2D eigenvalue weighted by atomic mass is 9.87. The van der Waals surface area contributed by atoms with Gasteiger partial charge in [-0.05, 0) is 38.1 Å². The molecule has 0 aliphatic carbocycles. The van der Waals surface area contributed by atoms with Gasteiger partial charge in [0.15, 0.2) is 0 Å². The number of aryl methyl sites for hydroxylation is 1. The van der Waals surface area contributed by atoms with Crippen LogP contribution in [0.25, 0.3) is 0 Å². The van der Waals surface area contributed by atoms with Crippen molar-refractivity contribution in [3.63, 3.8) is 0 Å². The maximum Gasteiger partial charge on any atom is 0.129 e. The minimum Gasteiger partial charge on any atom is -0.485 e. The van der Waals surface area contributed by atoms with Gasteiger partial charge in [-0.15, -0.1) is 0 Å². The summed E-state index contributed by atoms with van der Waals surface area (Å²) in [4.78, 5) is 0. The number of nitrogens with one attached hydrogen (secondary N) is 1. The Labute approximate surface area is 119 Å². The third kappa shape index (κ3) is 2.35. The molecule has 3 rings (SSSR count). The molecule has 0 saturated carbocycles. The van der Waals surface area contributed by atoms with Crippen LogP contribution in [-0.2, 0) is 4.74 Å². The van der Waals surface area contributed by atoms with Crippen molar-refractivity contribution in [2.24, 2.45) is 0 Å². The van der Waals surface area contributed by atoms with E-state index in [1.165, 1.54) is 0 Å². The van der Waals surface area contributed by atoms with Crippen molar-refractivity contribution >= 4 is 11.6 Å². The first-order chi connectivity index (χ1) is 9.13. The van der Waals surface area contributed by atoms with Crippen LogP contribution in [0.3, 0.4) is 0 Å². The molecule has 2 atom stereocenters. The number of fused-ring (bicyclic) bond motifs is 1. The molecular formula is C15H20ClNO2. The fourth-order valence-electron chi connectivity index (χ4n) is 3.17. The number of ether oxygens (including phenoxy) is 2. The summed E-state index contributed by atoms with van der Waals surface area (Å²) >= 11 is 6.18. The van der Waals surface area contributed by atoms with E-state index >= 15 is 0 Å². The molecule has 104 valence electrons. The Morgan fingerprint density at radius 1 is 1.53 bits per heavy atom. The molecule has 0 bridgehead atoms. The summed E-state index contributed by atoms with van der Waals surface area (Å²) in [6, 6.07) is 3.95. The third-order valence-electron chi connectivity index (χ3n) is 4.06. The fraction of sp³-hybridized carbons (Fsp3) is 0.600.